The van der Waals surface area contributed by atoms with Crippen LogP contribution in [0.25, 0.3) is 0 Å². The maximum Gasteiger partial charge on any atom is 0.416 e. The van der Waals surface area contributed by atoms with E-state index >= 15 is 0 Å². The van der Waals surface area contributed by atoms with Crippen LogP contribution >= 0.6 is 0 Å². The summed E-state index contributed by atoms with van der Waals surface area (Å²) in [6.07, 6.45) is -4.07. The van der Waals surface area contributed by atoms with E-state index in [1.165, 1.54) is 14.0 Å². The molecule has 0 fully saturated rings. The molecule has 0 spiro atoms. The summed E-state index contributed by atoms with van der Waals surface area (Å²) >= 11 is 0. The minimum absolute atomic E-state index is 0. The molecule has 0 aliphatic rings. The van der Waals surface area contributed by atoms with Crippen LogP contribution in [0.2, 0.25) is 0 Å². The summed E-state index contributed by atoms with van der Waals surface area (Å²) in [6.45, 7) is 1.43. The number of carbonyl (C=O) groups excluding carboxylic acids is 1. The molecule has 1 aromatic heterocycles. The van der Waals surface area contributed by atoms with Crippen molar-refractivity contribution in [2.75, 3.05) is 6.26 Å². The Hall–Kier alpha value is -0.724. The van der Waals surface area contributed by atoms with Gasteiger partial charge < -0.3 is 0 Å². The van der Waals surface area contributed by atoms with Crippen LogP contribution in [0.1, 0.15) is 27.2 Å². The molecular formula is C14H13F3KN2O4S. The first-order chi connectivity index (χ1) is 10.8. The SMILES string of the molecule is Cc1[nH]n(C)c(=O)c1C(=O)c1ccc(C(F)(F)F)cc1S(C)(=O)=O.[K]. The summed E-state index contributed by atoms with van der Waals surface area (Å²) in [5, 5.41) is 2.57. The number of carbonyl (C=O) groups is 1. The molecule has 0 atom stereocenters. The maximum atomic E-state index is 12.8. The van der Waals surface area contributed by atoms with E-state index in [2.05, 4.69) is 5.10 Å². The fourth-order valence-electron chi connectivity index (χ4n) is 2.28. The van der Waals surface area contributed by atoms with Gasteiger partial charge in [0.1, 0.15) is 5.56 Å². The number of halogens is 3. The van der Waals surface area contributed by atoms with Crippen molar-refractivity contribution >= 4 is 67.0 Å². The van der Waals surface area contributed by atoms with Crippen molar-refractivity contribution in [2.45, 2.75) is 18.0 Å². The normalized spacial score (nSPS) is 11.9. The molecule has 0 bridgehead atoms. The molecule has 6 nitrogen and oxygen atoms in total. The van der Waals surface area contributed by atoms with Gasteiger partial charge in [0.05, 0.1) is 10.5 Å². The van der Waals surface area contributed by atoms with Gasteiger partial charge in [-0.3, -0.25) is 19.4 Å². The van der Waals surface area contributed by atoms with Gasteiger partial charge in [-0.2, -0.15) is 13.2 Å². The first-order valence-electron chi connectivity index (χ1n) is 6.55. The molecule has 1 aromatic carbocycles. The molecule has 1 radical (unpaired) electrons. The van der Waals surface area contributed by atoms with Crippen molar-refractivity contribution in [3.05, 3.63) is 50.9 Å². The Bertz CT molecular complexity index is 990. The Morgan fingerprint density at radius 2 is 1.80 bits per heavy atom. The summed E-state index contributed by atoms with van der Waals surface area (Å²) in [7, 11) is -2.77. The smallest absolute Gasteiger partial charge is 0.299 e. The molecule has 2 rings (SSSR count). The van der Waals surface area contributed by atoms with E-state index in [0.29, 0.717) is 18.4 Å². The number of sulfone groups is 1. The van der Waals surface area contributed by atoms with E-state index in [4.69, 9.17) is 0 Å². The number of ketones is 1. The van der Waals surface area contributed by atoms with Gasteiger partial charge in [-0.05, 0) is 25.1 Å². The van der Waals surface area contributed by atoms with Crippen LogP contribution in [0.3, 0.4) is 0 Å². The minimum Gasteiger partial charge on any atom is -0.299 e. The fraction of sp³-hybridized carbons (Fsp3) is 0.286. The number of alkyl halides is 3. The summed E-state index contributed by atoms with van der Waals surface area (Å²) in [5.74, 6) is -0.955. The third kappa shape index (κ3) is 4.52. The zero-order valence-corrected chi connectivity index (χ0v) is 17.8. The zero-order chi connectivity index (χ0) is 18.4. The number of hydrogen-bond acceptors (Lipinski definition) is 4. The molecule has 25 heavy (non-hydrogen) atoms. The number of H-pyrrole nitrogens is 1. The van der Waals surface area contributed by atoms with Gasteiger partial charge in [-0.1, -0.05) is 0 Å². The number of rotatable bonds is 3. The van der Waals surface area contributed by atoms with Crippen LogP contribution in [0.4, 0.5) is 13.2 Å². The standard InChI is InChI=1S/C14H13F3N2O4S.K/c1-7-11(13(21)19(2)18-7)12(20)9-5-4-8(14(15,16)17)6-10(9)24(3,22)23;/h4-6,18H,1-3H3;. The number of aromatic nitrogens is 2. The number of nitrogens with one attached hydrogen (secondary N) is 1. The number of aryl methyl sites for hydroxylation is 2. The second-order valence-electron chi connectivity index (χ2n) is 5.29. The minimum atomic E-state index is -4.76. The third-order valence-corrected chi connectivity index (χ3v) is 4.55. The molecule has 1 N–H and O–H groups in total. The van der Waals surface area contributed by atoms with E-state index in [-0.39, 0.29) is 62.6 Å². The van der Waals surface area contributed by atoms with Gasteiger partial charge in [0, 0.05) is 75.9 Å². The number of benzene rings is 1. The zero-order valence-electron chi connectivity index (χ0n) is 13.9. The van der Waals surface area contributed by atoms with Crippen LogP contribution in [-0.2, 0) is 23.1 Å². The first-order valence-corrected chi connectivity index (χ1v) is 8.44. The van der Waals surface area contributed by atoms with Crippen molar-refractivity contribution in [3.8, 4) is 0 Å². The molecule has 0 unspecified atom stereocenters. The van der Waals surface area contributed by atoms with Gasteiger partial charge in [0.25, 0.3) is 5.56 Å². The van der Waals surface area contributed by atoms with Crippen LogP contribution in [0.15, 0.2) is 27.9 Å². The summed E-state index contributed by atoms with van der Waals surface area (Å²) in [6, 6.07) is 1.77. The molecular weight excluding hydrogens is 388 g/mol. The molecule has 2 aromatic rings. The molecule has 0 saturated heterocycles. The second kappa shape index (κ2) is 7.49. The van der Waals surface area contributed by atoms with E-state index in [1.54, 1.807) is 0 Å². The summed E-state index contributed by atoms with van der Waals surface area (Å²) < 4.78 is 63.1. The van der Waals surface area contributed by atoms with Crippen molar-refractivity contribution in [1.82, 2.24) is 9.78 Å². The molecule has 0 aliphatic carbocycles. The van der Waals surface area contributed by atoms with Gasteiger partial charge in [0.2, 0.25) is 5.78 Å². The third-order valence-electron chi connectivity index (χ3n) is 3.41. The average Bonchev–Trinajstić information content (AvgIpc) is 2.69. The van der Waals surface area contributed by atoms with E-state index in [0.717, 1.165) is 10.7 Å². The molecule has 0 amide bonds. The Morgan fingerprint density at radius 3 is 2.20 bits per heavy atom. The molecule has 1 heterocycles. The first kappa shape index (κ1) is 22.3. The average molecular weight is 401 g/mol. The Balaban J connectivity index is 0.00000312. The second-order valence-corrected chi connectivity index (χ2v) is 7.27. The number of hydrogen-bond donors (Lipinski definition) is 1. The summed E-state index contributed by atoms with van der Waals surface area (Å²) in [4.78, 5) is 23.8. The van der Waals surface area contributed by atoms with E-state index in [9.17, 15) is 31.2 Å². The predicted molar refractivity (Wildman–Crippen MR) is 84.5 cm³/mol. The largest absolute Gasteiger partial charge is 0.416 e. The van der Waals surface area contributed by atoms with Gasteiger partial charge in [0.15, 0.2) is 9.84 Å². The topological polar surface area (TPSA) is 89.0 Å². The van der Waals surface area contributed by atoms with Gasteiger partial charge in [-0.15, -0.1) is 0 Å². The van der Waals surface area contributed by atoms with E-state index < -0.39 is 43.4 Å². The van der Waals surface area contributed by atoms with Crippen molar-refractivity contribution in [2.24, 2.45) is 7.05 Å². The van der Waals surface area contributed by atoms with Crippen LogP contribution in [0.5, 0.6) is 0 Å². The Labute approximate surface area is 183 Å². The number of aromatic amines is 1. The Kier molecular flexibility index (Phi) is 6.68. The van der Waals surface area contributed by atoms with Gasteiger partial charge in [-0.25, -0.2) is 8.42 Å². The van der Waals surface area contributed by atoms with Crippen molar-refractivity contribution in [3.63, 3.8) is 0 Å². The number of nitrogens with zero attached hydrogens (tertiary/aromatic N) is 1. The monoisotopic (exact) mass is 401 g/mol. The fourth-order valence-corrected chi connectivity index (χ4v) is 3.18. The van der Waals surface area contributed by atoms with Gasteiger partial charge >= 0.3 is 6.18 Å². The molecule has 131 valence electrons. The van der Waals surface area contributed by atoms with Crippen LogP contribution in [0, 0.1) is 6.92 Å². The molecule has 0 saturated carbocycles. The van der Waals surface area contributed by atoms with Crippen LogP contribution in [-0.4, -0.2) is 81.6 Å². The molecule has 11 heteroatoms. The molecule has 0 aliphatic heterocycles. The maximum absolute atomic E-state index is 12.8. The van der Waals surface area contributed by atoms with Crippen molar-refractivity contribution in [1.29, 1.82) is 0 Å². The summed E-state index contributed by atoms with van der Waals surface area (Å²) in [5.41, 5.74) is -2.51. The van der Waals surface area contributed by atoms with Crippen LogP contribution < -0.4 is 5.56 Å². The predicted octanol–water partition coefficient (Wildman–Crippen LogP) is 1.29. The Morgan fingerprint density at radius 1 is 1.24 bits per heavy atom. The van der Waals surface area contributed by atoms with E-state index in [1.807, 2.05) is 0 Å². The van der Waals surface area contributed by atoms with Crippen molar-refractivity contribution < 1.29 is 26.4 Å². The quantitative estimate of drug-likeness (QED) is 0.620.